The summed E-state index contributed by atoms with van der Waals surface area (Å²) in [5, 5.41) is 4.05. The van der Waals surface area contributed by atoms with E-state index in [0.29, 0.717) is 11.3 Å². The first kappa shape index (κ1) is 10.7. The number of anilines is 1. The van der Waals surface area contributed by atoms with Gasteiger partial charge in [-0.1, -0.05) is 31.5 Å². The van der Waals surface area contributed by atoms with Gasteiger partial charge in [0.05, 0.1) is 0 Å². The summed E-state index contributed by atoms with van der Waals surface area (Å²) in [6.45, 7) is 2.92. The normalized spacial score (nSPS) is 10.6. The van der Waals surface area contributed by atoms with Gasteiger partial charge in [-0.2, -0.15) is 0 Å². The molecule has 1 N–H and O–H groups in total. The summed E-state index contributed by atoms with van der Waals surface area (Å²) in [5.41, 5.74) is 0.885. The van der Waals surface area contributed by atoms with E-state index in [0.717, 1.165) is 24.8 Å². The minimum atomic E-state index is -0.296. The summed E-state index contributed by atoms with van der Waals surface area (Å²) >= 11 is 0. The predicted molar refractivity (Wildman–Crippen MR) is 65.9 cm³/mol. The van der Waals surface area contributed by atoms with Crippen molar-refractivity contribution in [1.82, 2.24) is 0 Å². The minimum absolute atomic E-state index is 0.296. The molecule has 1 aromatic heterocycles. The first-order valence-electron chi connectivity index (χ1n) is 5.58. The fourth-order valence-electron chi connectivity index (χ4n) is 1.59. The van der Waals surface area contributed by atoms with E-state index in [9.17, 15) is 4.79 Å². The van der Waals surface area contributed by atoms with Gasteiger partial charge in [0.25, 0.3) is 0 Å². The Morgan fingerprint density at radius 3 is 2.94 bits per heavy atom. The van der Waals surface area contributed by atoms with Crippen molar-refractivity contribution in [2.45, 2.75) is 19.8 Å². The van der Waals surface area contributed by atoms with Gasteiger partial charge in [0.1, 0.15) is 11.3 Å². The van der Waals surface area contributed by atoms with Crippen LogP contribution in [0.5, 0.6) is 0 Å². The van der Waals surface area contributed by atoms with Gasteiger partial charge in [0, 0.05) is 11.9 Å². The molecule has 2 aromatic rings. The third-order valence-electron chi connectivity index (χ3n) is 2.49. The summed E-state index contributed by atoms with van der Waals surface area (Å²) in [5.74, 6) is 0. The van der Waals surface area contributed by atoms with Gasteiger partial charge < -0.3 is 9.73 Å². The molecular formula is C13H15NO2. The zero-order valence-corrected chi connectivity index (χ0v) is 9.32. The number of rotatable bonds is 4. The van der Waals surface area contributed by atoms with Crippen molar-refractivity contribution < 1.29 is 4.42 Å². The van der Waals surface area contributed by atoms with Crippen LogP contribution in [0.4, 0.5) is 5.69 Å². The van der Waals surface area contributed by atoms with Crippen LogP contribution in [0.15, 0.2) is 39.5 Å². The zero-order valence-electron chi connectivity index (χ0n) is 9.32. The number of nitrogens with one attached hydrogen (secondary N) is 1. The van der Waals surface area contributed by atoms with E-state index >= 15 is 0 Å². The Morgan fingerprint density at radius 2 is 2.12 bits per heavy atom. The Morgan fingerprint density at radius 1 is 1.31 bits per heavy atom. The van der Waals surface area contributed by atoms with Gasteiger partial charge in [-0.25, -0.2) is 4.79 Å². The summed E-state index contributed by atoms with van der Waals surface area (Å²) in [4.78, 5) is 11.6. The lowest BCUT2D eigenvalue weighted by molar-refractivity contribution is 0.563. The number of fused-ring (bicyclic) bond motifs is 1. The highest BCUT2D eigenvalue weighted by atomic mass is 16.4. The standard InChI is InChI=1S/C13H15NO2/c1-2-3-8-14-11-9-10-6-4-5-7-12(10)16-13(11)15/h4-7,9,14H,2-3,8H2,1H3. The quantitative estimate of drug-likeness (QED) is 0.632. The molecular weight excluding hydrogens is 202 g/mol. The molecule has 1 aromatic carbocycles. The van der Waals surface area contributed by atoms with E-state index in [2.05, 4.69) is 12.2 Å². The Labute approximate surface area is 94.1 Å². The number of unbranched alkanes of at least 4 members (excludes halogenated alkanes) is 1. The van der Waals surface area contributed by atoms with E-state index in [1.165, 1.54) is 0 Å². The highest BCUT2D eigenvalue weighted by molar-refractivity contribution is 5.79. The Hall–Kier alpha value is -1.77. The molecule has 0 spiro atoms. The topological polar surface area (TPSA) is 42.2 Å². The maximum Gasteiger partial charge on any atom is 0.359 e. The summed E-state index contributed by atoms with van der Waals surface area (Å²) in [7, 11) is 0. The lowest BCUT2D eigenvalue weighted by Crippen LogP contribution is -2.11. The molecule has 3 nitrogen and oxygen atoms in total. The molecule has 0 amide bonds. The fraction of sp³-hybridized carbons (Fsp3) is 0.308. The van der Waals surface area contributed by atoms with Crippen LogP contribution >= 0.6 is 0 Å². The summed E-state index contributed by atoms with van der Waals surface area (Å²) in [6, 6.07) is 9.36. The molecule has 0 aliphatic rings. The number of para-hydroxylation sites is 1. The SMILES string of the molecule is CCCCNc1cc2ccccc2oc1=O. The smallest absolute Gasteiger partial charge is 0.359 e. The third-order valence-corrected chi connectivity index (χ3v) is 2.49. The van der Waals surface area contributed by atoms with Crippen molar-refractivity contribution in [3.63, 3.8) is 0 Å². The van der Waals surface area contributed by atoms with Crippen molar-refractivity contribution in [3.05, 3.63) is 40.8 Å². The molecule has 0 atom stereocenters. The number of hydrogen-bond acceptors (Lipinski definition) is 3. The second-order valence-electron chi connectivity index (χ2n) is 3.77. The molecule has 84 valence electrons. The van der Waals surface area contributed by atoms with E-state index < -0.39 is 0 Å². The van der Waals surface area contributed by atoms with Crippen molar-refractivity contribution in [2.75, 3.05) is 11.9 Å². The van der Waals surface area contributed by atoms with Crippen LogP contribution in [0.1, 0.15) is 19.8 Å². The molecule has 0 aliphatic heterocycles. The molecule has 0 saturated heterocycles. The minimum Gasteiger partial charge on any atom is -0.421 e. The van der Waals surface area contributed by atoms with Crippen LogP contribution in [0, 0.1) is 0 Å². The molecule has 3 heteroatoms. The molecule has 0 fully saturated rings. The van der Waals surface area contributed by atoms with E-state index in [1.54, 1.807) is 6.07 Å². The second kappa shape index (κ2) is 4.84. The van der Waals surface area contributed by atoms with Crippen LogP contribution in [0.3, 0.4) is 0 Å². The largest absolute Gasteiger partial charge is 0.421 e. The molecule has 2 rings (SSSR count). The molecule has 0 unspecified atom stereocenters. The molecule has 0 aliphatic carbocycles. The molecule has 0 radical (unpaired) electrons. The van der Waals surface area contributed by atoms with Gasteiger partial charge in [0.2, 0.25) is 0 Å². The molecule has 16 heavy (non-hydrogen) atoms. The van der Waals surface area contributed by atoms with Crippen LogP contribution < -0.4 is 10.9 Å². The Balaban J connectivity index is 2.31. The van der Waals surface area contributed by atoms with Crippen molar-refractivity contribution >= 4 is 16.7 Å². The van der Waals surface area contributed by atoms with Crippen molar-refractivity contribution in [3.8, 4) is 0 Å². The Bertz CT molecular complexity index is 531. The molecule has 1 heterocycles. The predicted octanol–water partition coefficient (Wildman–Crippen LogP) is 3.01. The average molecular weight is 217 g/mol. The van der Waals surface area contributed by atoms with Crippen LogP contribution in [0.2, 0.25) is 0 Å². The maximum atomic E-state index is 11.6. The van der Waals surface area contributed by atoms with Crippen molar-refractivity contribution in [2.24, 2.45) is 0 Å². The van der Waals surface area contributed by atoms with Gasteiger partial charge in [-0.15, -0.1) is 0 Å². The van der Waals surface area contributed by atoms with E-state index in [1.807, 2.05) is 24.3 Å². The lowest BCUT2D eigenvalue weighted by atomic mass is 10.2. The van der Waals surface area contributed by atoms with Crippen molar-refractivity contribution in [1.29, 1.82) is 0 Å². The molecule has 0 saturated carbocycles. The van der Waals surface area contributed by atoms with Crippen LogP contribution in [0.25, 0.3) is 11.0 Å². The monoisotopic (exact) mass is 217 g/mol. The average Bonchev–Trinajstić information content (AvgIpc) is 2.30. The fourth-order valence-corrected chi connectivity index (χ4v) is 1.59. The summed E-state index contributed by atoms with van der Waals surface area (Å²) in [6.07, 6.45) is 2.15. The van der Waals surface area contributed by atoms with Crippen LogP contribution in [-0.4, -0.2) is 6.54 Å². The first-order chi connectivity index (χ1) is 7.81. The van der Waals surface area contributed by atoms with E-state index in [-0.39, 0.29) is 5.63 Å². The van der Waals surface area contributed by atoms with Gasteiger partial charge in [0.15, 0.2) is 0 Å². The zero-order chi connectivity index (χ0) is 11.4. The van der Waals surface area contributed by atoms with Crippen LogP contribution in [-0.2, 0) is 0 Å². The highest BCUT2D eigenvalue weighted by Crippen LogP contribution is 2.14. The van der Waals surface area contributed by atoms with Gasteiger partial charge in [-0.3, -0.25) is 0 Å². The number of benzene rings is 1. The Kier molecular flexibility index (Phi) is 3.25. The first-order valence-corrected chi connectivity index (χ1v) is 5.58. The maximum absolute atomic E-state index is 11.6. The van der Waals surface area contributed by atoms with E-state index in [4.69, 9.17) is 4.42 Å². The van der Waals surface area contributed by atoms with Gasteiger partial charge >= 0.3 is 5.63 Å². The highest BCUT2D eigenvalue weighted by Gasteiger charge is 2.03. The summed E-state index contributed by atoms with van der Waals surface area (Å²) < 4.78 is 5.21. The lowest BCUT2D eigenvalue weighted by Gasteiger charge is -2.04. The second-order valence-corrected chi connectivity index (χ2v) is 3.77. The van der Waals surface area contributed by atoms with Gasteiger partial charge in [-0.05, 0) is 18.6 Å². The third kappa shape index (κ3) is 2.24. The number of hydrogen-bond donors (Lipinski definition) is 1. The molecule has 0 bridgehead atoms.